The van der Waals surface area contributed by atoms with E-state index < -0.39 is 0 Å². The van der Waals surface area contributed by atoms with Crippen molar-refractivity contribution in [1.29, 1.82) is 0 Å². The monoisotopic (exact) mass is 292 g/mol. The summed E-state index contributed by atoms with van der Waals surface area (Å²) in [4.78, 5) is 0. The van der Waals surface area contributed by atoms with Crippen LogP contribution in [0.5, 0.6) is 0 Å². The second kappa shape index (κ2) is 4.91. The van der Waals surface area contributed by atoms with Crippen LogP contribution in [0.3, 0.4) is 0 Å². The summed E-state index contributed by atoms with van der Waals surface area (Å²) >= 11 is 0.160. The van der Waals surface area contributed by atoms with Gasteiger partial charge in [0.15, 0.2) is 6.29 Å². The highest BCUT2D eigenvalue weighted by atomic mass is 127. The van der Waals surface area contributed by atoms with E-state index in [-0.39, 0.29) is 27.0 Å². The molecule has 0 N–H and O–H groups in total. The molecule has 1 saturated heterocycles. The van der Waals surface area contributed by atoms with Crippen LogP contribution in [0.1, 0.15) is 19.3 Å². The molecule has 0 saturated carbocycles. The molecule has 13 heavy (non-hydrogen) atoms. The van der Waals surface area contributed by atoms with Gasteiger partial charge in [-0.15, -0.1) is 0 Å². The Morgan fingerprint density at radius 2 is 2.46 bits per heavy atom. The Morgan fingerprint density at radius 3 is 3.15 bits per heavy atom. The number of halogens is 1. The van der Waals surface area contributed by atoms with Crippen molar-refractivity contribution >= 4 is 24.7 Å². The molecule has 72 valence electrons. The van der Waals surface area contributed by atoms with Gasteiger partial charge < -0.3 is 9.47 Å². The van der Waals surface area contributed by atoms with Crippen LogP contribution in [0.2, 0.25) is 0 Å². The highest BCUT2D eigenvalue weighted by molar-refractivity contribution is 14.2. The average molecular weight is 292 g/mol. The van der Waals surface area contributed by atoms with Crippen molar-refractivity contribution in [2.24, 2.45) is 0 Å². The van der Waals surface area contributed by atoms with Gasteiger partial charge in [0.05, 0.1) is 6.61 Å². The Bertz CT molecular complexity index is 250. The lowest BCUT2D eigenvalue weighted by molar-refractivity contribution is -0.135. The fourth-order valence-corrected chi connectivity index (χ4v) is 2.69. The SMILES string of the molecule is C1=CC(OC2CCCCO2)=CC=I1. The van der Waals surface area contributed by atoms with Crippen LogP contribution >= 0.6 is 20.7 Å². The second-order valence-corrected chi connectivity index (χ2v) is 5.19. The zero-order valence-corrected chi connectivity index (χ0v) is 9.57. The van der Waals surface area contributed by atoms with Crippen LogP contribution in [0.15, 0.2) is 22.0 Å². The molecule has 0 bridgehead atoms. The Hall–Kier alpha value is -0.160. The van der Waals surface area contributed by atoms with Crippen LogP contribution in [0.25, 0.3) is 0 Å². The molecule has 2 rings (SSSR count). The van der Waals surface area contributed by atoms with E-state index in [0.29, 0.717) is 0 Å². The normalized spacial score (nSPS) is 27.7. The Balaban J connectivity index is 1.86. The molecule has 0 aromatic heterocycles. The zero-order chi connectivity index (χ0) is 8.93. The van der Waals surface area contributed by atoms with Crippen molar-refractivity contribution in [3.63, 3.8) is 0 Å². The molecule has 1 atom stereocenters. The third-order valence-electron chi connectivity index (χ3n) is 2.01. The molecule has 2 heterocycles. The van der Waals surface area contributed by atoms with Gasteiger partial charge in [0.2, 0.25) is 0 Å². The van der Waals surface area contributed by atoms with Crippen LogP contribution in [0, 0.1) is 0 Å². The summed E-state index contributed by atoms with van der Waals surface area (Å²) in [6.45, 7) is 0.846. The number of hydrogen-bond donors (Lipinski definition) is 0. The molecule has 0 aromatic rings. The molecule has 0 amide bonds. The molecule has 2 aliphatic rings. The maximum Gasteiger partial charge on any atom is 0.199 e. The first-order chi connectivity index (χ1) is 6.45. The number of hydrogen-bond acceptors (Lipinski definition) is 2. The van der Waals surface area contributed by atoms with E-state index in [9.17, 15) is 0 Å². The third kappa shape index (κ3) is 2.91. The molecule has 0 spiro atoms. The first kappa shape index (κ1) is 9.40. The summed E-state index contributed by atoms with van der Waals surface area (Å²) < 4.78 is 15.6. The summed E-state index contributed by atoms with van der Waals surface area (Å²) in [6, 6.07) is 0. The first-order valence-corrected chi connectivity index (χ1v) is 7.04. The fourth-order valence-electron chi connectivity index (χ4n) is 1.33. The molecule has 1 fully saturated rings. The predicted molar refractivity (Wildman–Crippen MR) is 62.0 cm³/mol. The standard InChI is InChI=1S/C10H13IO2/c1-2-8-12-10(3-1)13-9-4-6-11-7-5-9/h4-7,10H,1-3,8H2. The van der Waals surface area contributed by atoms with E-state index in [1.54, 1.807) is 0 Å². The topological polar surface area (TPSA) is 18.5 Å². The maximum atomic E-state index is 5.67. The van der Waals surface area contributed by atoms with Crippen molar-refractivity contribution in [3.05, 3.63) is 22.0 Å². The van der Waals surface area contributed by atoms with E-state index in [1.165, 1.54) is 12.8 Å². The molecule has 0 radical (unpaired) electrons. The highest BCUT2D eigenvalue weighted by Gasteiger charge is 2.15. The van der Waals surface area contributed by atoms with E-state index in [0.717, 1.165) is 18.8 Å². The molecular weight excluding hydrogens is 279 g/mol. The van der Waals surface area contributed by atoms with E-state index >= 15 is 0 Å². The van der Waals surface area contributed by atoms with Crippen LogP contribution in [-0.2, 0) is 9.47 Å². The van der Waals surface area contributed by atoms with Gasteiger partial charge in [-0.25, -0.2) is 0 Å². The van der Waals surface area contributed by atoms with Crippen molar-refractivity contribution in [2.75, 3.05) is 6.61 Å². The van der Waals surface area contributed by atoms with Crippen LogP contribution in [-0.4, -0.2) is 16.9 Å². The summed E-state index contributed by atoms with van der Waals surface area (Å²) in [5.74, 6) is 0.956. The average Bonchev–Trinajstić information content (AvgIpc) is 2.21. The summed E-state index contributed by atoms with van der Waals surface area (Å²) in [7, 11) is 0. The lowest BCUT2D eigenvalue weighted by Gasteiger charge is -2.23. The zero-order valence-electron chi connectivity index (χ0n) is 7.41. The molecule has 0 aliphatic carbocycles. The molecule has 3 heteroatoms. The minimum absolute atomic E-state index is 0.00523. The van der Waals surface area contributed by atoms with Gasteiger partial charge in [-0.05, 0) is 33.1 Å². The second-order valence-electron chi connectivity index (χ2n) is 3.03. The number of rotatable bonds is 2. The van der Waals surface area contributed by atoms with Gasteiger partial charge in [0.25, 0.3) is 0 Å². The number of ether oxygens (including phenoxy) is 2. The van der Waals surface area contributed by atoms with Gasteiger partial charge in [-0.1, -0.05) is 20.7 Å². The first-order valence-electron chi connectivity index (χ1n) is 4.55. The lowest BCUT2D eigenvalue weighted by atomic mass is 10.2. The minimum atomic E-state index is -0.00523. The highest BCUT2D eigenvalue weighted by Crippen LogP contribution is 2.19. The van der Waals surface area contributed by atoms with Gasteiger partial charge in [0.1, 0.15) is 5.76 Å². The quantitative estimate of drug-likeness (QED) is 0.729. The van der Waals surface area contributed by atoms with E-state index in [4.69, 9.17) is 9.47 Å². The van der Waals surface area contributed by atoms with E-state index in [1.807, 2.05) is 0 Å². The molecule has 1 unspecified atom stereocenters. The van der Waals surface area contributed by atoms with Gasteiger partial charge in [-0.2, -0.15) is 0 Å². The van der Waals surface area contributed by atoms with Gasteiger partial charge in [-0.3, -0.25) is 0 Å². The van der Waals surface area contributed by atoms with Crippen LogP contribution < -0.4 is 0 Å². The van der Waals surface area contributed by atoms with Crippen molar-refractivity contribution in [1.82, 2.24) is 0 Å². The summed E-state index contributed by atoms with van der Waals surface area (Å²) in [5.41, 5.74) is 0. The van der Waals surface area contributed by atoms with E-state index in [2.05, 4.69) is 20.2 Å². The molecule has 2 aliphatic heterocycles. The van der Waals surface area contributed by atoms with Gasteiger partial charge >= 0.3 is 0 Å². The smallest absolute Gasteiger partial charge is 0.199 e. The maximum absolute atomic E-state index is 5.67. The fraction of sp³-hybridized carbons (Fsp3) is 0.500. The largest absolute Gasteiger partial charge is 0.465 e. The summed E-state index contributed by atoms with van der Waals surface area (Å²) in [6.07, 6.45) is 7.54. The van der Waals surface area contributed by atoms with Crippen molar-refractivity contribution in [2.45, 2.75) is 25.6 Å². The van der Waals surface area contributed by atoms with Crippen LogP contribution in [0.4, 0.5) is 0 Å². The molecular formula is C10H13IO2. The number of allylic oxidation sites excluding steroid dienone is 2. The van der Waals surface area contributed by atoms with Gasteiger partial charge in [0, 0.05) is 6.42 Å². The predicted octanol–water partition coefficient (Wildman–Crippen LogP) is 2.71. The molecule has 2 nitrogen and oxygen atoms in total. The summed E-state index contributed by atoms with van der Waals surface area (Å²) in [5, 5.41) is 0. The Kier molecular flexibility index (Phi) is 3.55. The van der Waals surface area contributed by atoms with Crippen molar-refractivity contribution < 1.29 is 9.47 Å². The Morgan fingerprint density at radius 1 is 1.46 bits per heavy atom. The minimum Gasteiger partial charge on any atom is -0.465 e. The van der Waals surface area contributed by atoms with Crippen molar-refractivity contribution in [3.8, 4) is 0 Å². The molecule has 0 aromatic carbocycles. The third-order valence-corrected chi connectivity index (χ3v) is 3.56. The lowest BCUT2D eigenvalue weighted by Crippen LogP contribution is -2.21. The Labute approximate surface area is 88.4 Å².